The molecule has 1 aliphatic carbocycles. The fourth-order valence-electron chi connectivity index (χ4n) is 2.31. The van der Waals surface area contributed by atoms with E-state index in [2.05, 4.69) is 18.3 Å². The number of rotatable bonds is 0. The van der Waals surface area contributed by atoms with Gasteiger partial charge in [-0.05, 0) is 37.0 Å². The Morgan fingerprint density at radius 2 is 2.15 bits per heavy atom. The molecule has 2 heteroatoms. The smallest absolute Gasteiger partial charge is 0.0455 e. The van der Waals surface area contributed by atoms with E-state index in [4.69, 9.17) is 11.6 Å². The Kier molecular flexibility index (Phi) is 1.31. The second-order valence-corrected chi connectivity index (χ2v) is 4.64. The third kappa shape index (κ3) is 0.884. The highest BCUT2D eigenvalue weighted by Crippen LogP contribution is 2.55. The molecule has 0 bridgehead atoms. The van der Waals surface area contributed by atoms with Gasteiger partial charge in [0.15, 0.2) is 0 Å². The number of fused-ring (bicyclic) bond motifs is 2. The van der Waals surface area contributed by atoms with Gasteiger partial charge in [-0.1, -0.05) is 17.7 Å². The second-order valence-electron chi connectivity index (χ2n) is 4.23. The van der Waals surface area contributed by atoms with Gasteiger partial charge in [-0.2, -0.15) is 0 Å². The normalized spacial score (nSPS) is 21.4. The highest BCUT2D eigenvalue weighted by molar-refractivity contribution is 6.31. The molecule has 1 spiro atoms. The summed E-state index contributed by atoms with van der Waals surface area (Å²) in [6.45, 7) is 3.21. The highest BCUT2D eigenvalue weighted by Gasteiger charge is 2.49. The third-order valence-corrected chi connectivity index (χ3v) is 3.84. The van der Waals surface area contributed by atoms with Crippen molar-refractivity contribution in [2.75, 3.05) is 11.9 Å². The minimum Gasteiger partial charge on any atom is -0.384 e. The average molecular weight is 194 g/mol. The molecule has 1 aliphatic heterocycles. The molecule has 0 atom stereocenters. The Labute approximate surface area is 83.1 Å². The van der Waals surface area contributed by atoms with Gasteiger partial charge in [0.1, 0.15) is 0 Å². The molecule has 1 heterocycles. The van der Waals surface area contributed by atoms with Crippen LogP contribution in [0.1, 0.15) is 24.0 Å². The molecule has 0 amide bonds. The number of benzene rings is 1. The summed E-state index contributed by atoms with van der Waals surface area (Å²) in [4.78, 5) is 0. The lowest BCUT2D eigenvalue weighted by Crippen LogP contribution is -2.07. The van der Waals surface area contributed by atoms with Crippen LogP contribution in [0, 0.1) is 6.92 Å². The van der Waals surface area contributed by atoms with Crippen LogP contribution in [0.5, 0.6) is 0 Å². The molecule has 0 radical (unpaired) electrons. The summed E-state index contributed by atoms with van der Waals surface area (Å²) in [6.07, 6.45) is 2.68. The van der Waals surface area contributed by atoms with Crippen molar-refractivity contribution in [3.05, 3.63) is 28.3 Å². The van der Waals surface area contributed by atoms with Crippen molar-refractivity contribution in [1.29, 1.82) is 0 Å². The SMILES string of the molecule is Cc1c(Cl)ccc2c1NCC21CC1. The first-order valence-corrected chi connectivity index (χ1v) is 5.14. The minimum absolute atomic E-state index is 0.491. The first-order chi connectivity index (χ1) is 6.23. The first-order valence-electron chi connectivity index (χ1n) is 4.76. The van der Waals surface area contributed by atoms with Gasteiger partial charge >= 0.3 is 0 Å². The van der Waals surface area contributed by atoms with Crippen molar-refractivity contribution in [3.63, 3.8) is 0 Å². The summed E-state index contributed by atoms with van der Waals surface area (Å²) in [5, 5.41) is 4.36. The molecule has 1 N–H and O–H groups in total. The van der Waals surface area contributed by atoms with Crippen molar-refractivity contribution in [1.82, 2.24) is 0 Å². The molecule has 0 saturated heterocycles. The Balaban J connectivity index is 2.23. The lowest BCUT2D eigenvalue weighted by molar-refractivity contribution is 0.778. The maximum Gasteiger partial charge on any atom is 0.0455 e. The lowest BCUT2D eigenvalue weighted by atomic mass is 9.97. The minimum atomic E-state index is 0.491. The van der Waals surface area contributed by atoms with Gasteiger partial charge in [0.2, 0.25) is 0 Å². The summed E-state index contributed by atoms with van der Waals surface area (Å²) in [5.41, 5.74) is 4.49. The van der Waals surface area contributed by atoms with Crippen LogP contribution < -0.4 is 5.32 Å². The number of halogens is 1. The summed E-state index contributed by atoms with van der Waals surface area (Å²) >= 11 is 6.07. The zero-order valence-electron chi connectivity index (χ0n) is 7.65. The Morgan fingerprint density at radius 3 is 2.85 bits per heavy atom. The van der Waals surface area contributed by atoms with E-state index in [-0.39, 0.29) is 0 Å². The maximum absolute atomic E-state index is 6.07. The van der Waals surface area contributed by atoms with Crippen molar-refractivity contribution in [2.45, 2.75) is 25.2 Å². The summed E-state index contributed by atoms with van der Waals surface area (Å²) in [6, 6.07) is 4.22. The van der Waals surface area contributed by atoms with Crippen LogP contribution in [0.3, 0.4) is 0 Å². The van der Waals surface area contributed by atoms with E-state index in [1.807, 2.05) is 6.07 Å². The largest absolute Gasteiger partial charge is 0.384 e. The zero-order valence-corrected chi connectivity index (χ0v) is 8.41. The first kappa shape index (κ1) is 7.69. The molecule has 1 fully saturated rings. The van der Waals surface area contributed by atoms with Gasteiger partial charge in [0.05, 0.1) is 0 Å². The van der Waals surface area contributed by atoms with Crippen LogP contribution in [-0.2, 0) is 5.41 Å². The molecule has 1 aromatic rings. The lowest BCUT2D eigenvalue weighted by Gasteiger charge is -2.08. The summed E-state index contributed by atoms with van der Waals surface area (Å²) in [5.74, 6) is 0. The zero-order chi connectivity index (χ0) is 9.05. The van der Waals surface area contributed by atoms with Crippen LogP contribution >= 0.6 is 11.6 Å². The molecule has 1 nitrogen and oxygen atoms in total. The van der Waals surface area contributed by atoms with Gasteiger partial charge < -0.3 is 5.32 Å². The van der Waals surface area contributed by atoms with Gasteiger partial charge in [-0.3, -0.25) is 0 Å². The quantitative estimate of drug-likeness (QED) is 0.668. The van der Waals surface area contributed by atoms with Crippen LogP contribution in [0.25, 0.3) is 0 Å². The molecular formula is C11H12ClN. The number of hydrogen-bond donors (Lipinski definition) is 1. The molecule has 1 saturated carbocycles. The van der Waals surface area contributed by atoms with Crippen LogP contribution in [0.4, 0.5) is 5.69 Å². The van der Waals surface area contributed by atoms with E-state index in [0.29, 0.717) is 5.41 Å². The molecule has 1 aromatic carbocycles. The maximum atomic E-state index is 6.07. The Hall–Kier alpha value is -0.690. The second kappa shape index (κ2) is 2.21. The number of nitrogens with one attached hydrogen (secondary N) is 1. The third-order valence-electron chi connectivity index (χ3n) is 3.43. The fourth-order valence-corrected chi connectivity index (χ4v) is 2.46. The number of hydrogen-bond acceptors (Lipinski definition) is 1. The van der Waals surface area contributed by atoms with Crippen LogP contribution in [0.15, 0.2) is 12.1 Å². The molecule has 13 heavy (non-hydrogen) atoms. The fraction of sp³-hybridized carbons (Fsp3) is 0.455. The van der Waals surface area contributed by atoms with E-state index >= 15 is 0 Å². The standard InChI is InChI=1S/C11H12ClN/c1-7-9(12)3-2-8-10(7)13-6-11(8)4-5-11/h2-3,13H,4-6H2,1H3. The molecule has 68 valence electrons. The van der Waals surface area contributed by atoms with Gasteiger partial charge in [-0.25, -0.2) is 0 Å². The number of anilines is 1. The molecule has 0 aromatic heterocycles. The van der Waals surface area contributed by atoms with E-state index in [1.54, 1.807) is 0 Å². The predicted octanol–water partition coefficient (Wildman–Crippen LogP) is 3.11. The van der Waals surface area contributed by atoms with Crippen LogP contribution in [0.2, 0.25) is 5.02 Å². The van der Waals surface area contributed by atoms with Gasteiger partial charge in [0.25, 0.3) is 0 Å². The monoisotopic (exact) mass is 193 g/mol. The van der Waals surface area contributed by atoms with Gasteiger partial charge in [-0.15, -0.1) is 0 Å². The molecule has 2 aliphatic rings. The summed E-state index contributed by atoms with van der Waals surface area (Å²) < 4.78 is 0. The predicted molar refractivity (Wildman–Crippen MR) is 55.6 cm³/mol. The molecular weight excluding hydrogens is 182 g/mol. The highest BCUT2D eigenvalue weighted by atomic mass is 35.5. The molecule has 3 rings (SSSR count). The van der Waals surface area contributed by atoms with E-state index < -0.39 is 0 Å². The summed E-state index contributed by atoms with van der Waals surface area (Å²) in [7, 11) is 0. The topological polar surface area (TPSA) is 12.0 Å². The van der Waals surface area contributed by atoms with Crippen LogP contribution in [-0.4, -0.2) is 6.54 Å². The van der Waals surface area contributed by atoms with Crippen molar-refractivity contribution < 1.29 is 0 Å². The van der Waals surface area contributed by atoms with Crippen molar-refractivity contribution in [3.8, 4) is 0 Å². The Morgan fingerprint density at radius 1 is 1.38 bits per heavy atom. The van der Waals surface area contributed by atoms with Crippen molar-refractivity contribution in [2.24, 2.45) is 0 Å². The molecule has 0 unspecified atom stereocenters. The van der Waals surface area contributed by atoms with E-state index in [0.717, 1.165) is 11.6 Å². The van der Waals surface area contributed by atoms with E-state index in [9.17, 15) is 0 Å². The van der Waals surface area contributed by atoms with Gasteiger partial charge in [0, 0.05) is 22.7 Å². The van der Waals surface area contributed by atoms with E-state index in [1.165, 1.54) is 29.7 Å². The average Bonchev–Trinajstić information content (AvgIpc) is 2.77. The van der Waals surface area contributed by atoms with Crippen molar-refractivity contribution >= 4 is 17.3 Å². The Bertz CT molecular complexity index is 380.